The van der Waals surface area contributed by atoms with Crippen LogP contribution in [0.3, 0.4) is 0 Å². The first-order valence-electron chi connectivity index (χ1n) is 7.28. The molecular weight excluding hydrogens is 290 g/mol. The number of hydrogen-bond acceptors (Lipinski definition) is 3. The highest BCUT2D eigenvalue weighted by molar-refractivity contribution is 5.88. The second-order valence-electron chi connectivity index (χ2n) is 5.54. The van der Waals surface area contributed by atoms with Crippen LogP contribution in [-0.4, -0.2) is 25.8 Å². The quantitative estimate of drug-likeness (QED) is 0.804. The van der Waals surface area contributed by atoms with Crippen LogP contribution in [0.4, 0.5) is 0 Å². The summed E-state index contributed by atoms with van der Waals surface area (Å²) in [4.78, 5) is 10.9. The summed E-state index contributed by atoms with van der Waals surface area (Å²) in [5.41, 5.74) is 4.47. The van der Waals surface area contributed by atoms with E-state index in [1.54, 1.807) is 12.1 Å². The van der Waals surface area contributed by atoms with Gasteiger partial charge in [0, 0.05) is 12.6 Å². The maximum absolute atomic E-state index is 10.9. The summed E-state index contributed by atoms with van der Waals surface area (Å²) in [6.45, 7) is 3.95. The molecule has 0 spiro atoms. The van der Waals surface area contributed by atoms with E-state index in [0.29, 0.717) is 0 Å². The number of carboxylic acid groups (broad SMARTS) is 1. The summed E-state index contributed by atoms with van der Waals surface area (Å²) < 4.78 is 1.95. The Morgan fingerprint density at radius 2 is 1.65 bits per heavy atom. The van der Waals surface area contributed by atoms with Crippen molar-refractivity contribution in [1.29, 1.82) is 0 Å². The summed E-state index contributed by atoms with van der Waals surface area (Å²) >= 11 is 0. The Bertz CT molecular complexity index is 880. The van der Waals surface area contributed by atoms with E-state index in [0.717, 1.165) is 33.9 Å². The highest BCUT2D eigenvalue weighted by Crippen LogP contribution is 2.28. The van der Waals surface area contributed by atoms with Crippen LogP contribution in [0, 0.1) is 13.8 Å². The van der Waals surface area contributed by atoms with Crippen LogP contribution in [0.2, 0.25) is 0 Å². The standard InChI is InChI=1S/C18H17N3O2/c1-11-10-15(17-20-19-12(2)21(17)3)8-9-16(11)13-4-6-14(7-5-13)18(22)23/h4-10H,1-3H3,(H,22,23). The fourth-order valence-electron chi connectivity index (χ4n) is 2.58. The SMILES string of the molecule is Cc1cc(-c2nnc(C)n2C)ccc1-c1ccc(C(=O)O)cc1. The summed E-state index contributed by atoms with van der Waals surface area (Å²) in [6, 6.07) is 13.0. The smallest absolute Gasteiger partial charge is 0.335 e. The maximum Gasteiger partial charge on any atom is 0.335 e. The van der Waals surface area contributed by atoms with Crippen LogP contribution < -0.4 is 0 Å². The summed E-state index contributed by atoms with van der Waals surface area (Å²) in [5, 5.41) is 17.3. The van der Waals surface area contributed by atoms with Crippen LogP contribution in [0.5, 0.6) is 0 Å². The first-order valence-corrected chi connectivity index (χ1v) is 7.28. The molecular formula is C18H17N3O2. The Morgan fingerprint density at radius 3 is 2.17 bits per heavy atom. The van der Waals surface area contributed by atoms with Gasteiger partial charge in [-0.25, -0.2) is 4.79 Å². The molecule has 23 heavy (non-hydrogen) atoms. The first-order chi connectivity index (χ1) is 11.0. The Hall–Kier alpha value is -2.95. The van der Waals surface area contributed by atoms with Gasteiger partial charge in [-0.15, -0.1) is 10.2 Å². The minimum atomic E-state index is -0.915. The summed E-state index contributed by atoms with van der Waals surface area (Å²) in [7, 11) is 1.94. The first kappa shape index (κ1) is 15.0. The van der Waals surface area contributed by atoms with Crippen molar-refractivity contribution in [2.45, 2.75) is 13.8 Å². The molecule has 0 unspecified atom stereocenters. The average Bonchev–Trinajstić information content (AvgIpc) is 2.87. The third kappa shape index (κ3) is 2.73. The fourth-order valence-corrected chi connectivity index (χ4v) is 2.58. The molecule has 1 aromatic heterocycles. The van der Waals surface area contributed by atoms with Crippen LogP contribution in [0.25, 0.3) is 22.5 Å². The predicted octanol–water partition coefficient (Wildman–Crippen LogP) is 3.46. The zero-order chi connectivity index (χ0) is 16.6. The molecule has 0 bridgehead atoms. The molecule has 0 amide bonds. The van der Waals surface area contributed by atoms with Crippen LogP contribution in [-0.2, 0) is 7.05 Å². The van der Waals surface area contributed by atoms with E-state index in [4.69, 9.17) is 5.11 Å². The van der Waals surface area contributed by atoms with Gasteiger partial charge in [-0.2, -0.15) is 0 Å². The lowest BCUT2D eigenvalue weighted by atomic mass is 9.97. The zero-order valence-corrected chi connectivity index (χ0v) is 13.2. The van der Waals surface area contributed by atoms with E-state index in [-0.39, 0.29) is 5.56 Å². The van der Waals surface area contributed by atoms with Gasteiger partial charge in [-0.05, 0) is 48.7 Å². The van der Waals surface area contributed by atoms with E-state index >= 15 is 0 Å². The zero-order valence-electron chi connectivity index (χ0n) is 13.2. The molecule has 1 heterocycles. The van der Waals surface area contributed by atoms with Crippen LogP contribution in [0.1, 0.15) is 21.7 Å². The molecule has 3 rings (SSSR count). The molecule has 0 saturated carbocycles. The van der Waals surface area contributed by atoms with Crippen molar-refractivity contribution in [2.24, 2.45) is 7.05 Å². The van der Waals surface area contributed by atoms with Crippen molar-refractivity contribution in [3.05, 3.63) is 59.4 Å². The molecule has 2 aromatic carbocycles. The molecule has 5 nitrogen and oxygen atoms in total. The van der Waals surface area contributed by atoms with Crippen molar-refractivity contribution in [3.63, 3.8) is 0 Å². The van der Waals surface area contributed by atoms with E-state index < -0.39 is 5.97 Å². The van der Waals surface area contributed by atoms with Crippen molar-refractivity contribution in [3.8, 4) is 22.5 Å². The van der Waals surface area contributed by atoms with Gasteiger partial charge < -0.3 is 9.67 Å². The predicted molar refractivity (Wildman–Crippen MR) is 88.3 cm³/mol. The number of aromatic carboxylic acids is 1. The highest BCUT2D eigenvalue weighted by Gasteiger charge is 2.10. The number of hydrogen-bond donors (Lipinski definition) is 1. The molecule has 5 heteroatoms. The van der Waals surface area contributed by atoms with Gasteiger partial charge in [-0.1, -0.05) is 24.3 Å². The Kier molecular flexibility index (Phi) is 3.70. The Balaban J connectivity index is 1.99. The van der Waals surface area contributed by atoms with E-state index in [2.05, 4.69) is 16.3 Å². The van der Waals surface area contributed by atoms with Gasteiger partial charge in [0.1, 0.15) is 5.82 Å². The molecule has 0 fully saturated rings. The molecule has 3 aromatic rings. The topological polar surface area (TPSA) is 68.0 Å². The molecule has 0 aliphatic heterocycles. The van der Waals surface area contributed by atoms with E-state index in [9.17, 15) is 4.79 Å². The van der Waals surface area contributed by atoms with E-state index in [1.165, 1.54) is 0 Å². The highest BCUT2D eigenvalue weighted by atomic mass is 16.4. The minimum Gasteiger partial charge on any atom is -0.478 e. The number of benzene rings is 2. The molecule has 0 aliphatic rings. The number of carboxylic acids is 1. The fraction of sp³-hybridized carbons (Fsp3) is 0.167. The molecule has 0 saturated heterocycles. The lowest BCUT2D eigenvalue weighted by molar-refractivity contribution is 0.0697. The molecule has 0 atom stereocenters. The van der Waals surface area contributed by atoms with Gasteiger partial charge in [0.2, 0.25) is 0 Å². The lowest BCUT2D eigenvalue weighted by Crippen LogP contribution is -1.96. The maximum atomic E-state index is 10.9. The molecule has 116 valence electrons. The second kappa shape index (κ2) is 5.68. The monoisotopic (exact) mass is 307 g/mol. The molecule has 0 aliphatic carbocycles. The van der Waals surface area contributed by atoms with Crippen molar-refractivity contribution in [1.82, 2.24) is 14.8 Å². The van der Waals surface area contributed by atoms with Gasteiger partial charge in [0.25, 0.3) is 0 Å². The molecule has 0 radical (unpaired) electrons. The summed E-state index contributed by atoms with van der Waals surface area (Å²) in [6.07, 6.45) is 0. The number of carbonyl (C=O) groups is 1. The van der Waals surface area contributed by atoms with Gasteiger partial charge in [0.15, 0.2) is 5.82 Å². The molecule has 1 N–H and O–H groups in total. The Labute approximate surface area is 134 Å². The lowest BCUT2D eigenvalue weighted by Gasteiger charge is -2.09. The number of rotatable bonds is 3. The number of aromatic nitrogens is 3. The van der Waals surface area contributed by atoms with Crippen LogP contribution in [0.15, 0.2) is 42.5 Å². The second-order valence-corrected chi connectivity index (χ2v) is 5.54. The van der Waals surface area contributed by atoms with Crippen LogP contribution >= 0.6 is 0 Å². The summed E-state index contributed by atoms with van der Waals surface area (Å²) in [5.74, 6) is 0.783. The number of nitrogens with zero attached hydrogens (tertiary/aromatic N) is 3. The van der Waals surface area contributed by atoms with Gasteiger partial charge in [-0.3, -0.25) is 0 Å². The largest absolute Gasteiger partial charge is 0.478 e. The number of aryl methyl sites for hydroxylation is 2. The minimum absolute atomic E-state index is 0.289. The van der Waals surface area contributed by atoms with Gasteiger partial charge in [0.05, 0.1) is 5.56 Å². The third-order valence-corrected chi connectivity index (χ3v) is 4.02. The van der Waals surface area contributed by atoms with E-state index in [1.807, 2.05) is 49.7 Å². The van der Waals surface area contributed by atoms with Gasteiger partial charge >= 0.3 is 5.97 Å². The normalized spacial score (nSPS) is 10.7. The Morgan fingerprint density at radius 1 is 1.00 bits per heavy atom. The van der Waals surface area contributed by atoms with Crippen molar-refractivity contribution < 1.29 is 9.90 Å². The third-order valence-electron chi connectivity index (χ3n) is 4.02. The average molecular weight is 307 g/mol. The van der Waals surface area contributed by atoms with Crippen molar-refractivity contribution in [2.75, 3.05) is 0 Å². The van der Waals surface area contributed by atoms with Crippen molar-refractivity contribution >= 4 is 5.97 Å².